The molecule has 8 nitrogen and oxygen atoms in total. The number of carboxylic acid groups (broad SMARTS) is 2. The highest BCUT2D eigenvalue weighted by Gasteiger charge is 2.29. The van der Waals surface area contributed by atoms with E-state index in [1.165, 1.54) is 77.0 Å². The minimum absolute atomic E-state index is 0.125. The summed E-state index contributed by atoms with van der Waals surface area (Å²) in [7, 11) is 0. The van der Waals surface area contributed by atoms with Crippen molar-refractivity contribution in [3.05, 3.63) is 12.7 Å². The van der Waals surface area contributed by atoms with Crippen molar-refractivity contribution in [2.75, 3.05) is 6.54 Å². The molecule has 0 aliphatic heterocycles. The van der Waals surface area contributed by atoms with Gasteiger partial charge in [0, 0.05) is 25.3 Å². The second-order valence-corrected chi connectivity index (χ2v) is 12.3. The molecule has 0 aromatic heterocycles. The molecule has 1 unspecified atom stereocenters. The van der Waals surface area contributed by atoms with Crippen LogP contribution in [-0.4, -0.2) is 46.6 Å². The number of carbonyl (C=O) groups is 4. The van der Waals surface area contributed by atoms with E-state index in [-0.39, 0.29) is 17.7 Å². The lowest BCUT2D eigenvalue weighted by Gasteiger charge is -2.28. The number of aliphatic carboxylic acids is 2. The predicted molar refractivity (Wildman–Crippen MR) is 168 cm³/mol. The number of allylic oxidation sites excluding steroid dienone is 1. The van der Waals surface area contributed by atoms with E-state index < -0.39 is 18.0 Å². The van der Waals surface area contributed by atoms with Crippen molar-refractivity contribution in [1.82, 2.24) is 10.6 Å². The minimum Gasteiger partial charge on any atom is -0.481 e. The van der Waals surface area contributed by atoms with Crippen LogP contribution < -0.4 is 10.6 Å². The van der Waals surface area contributed by atoms with Gasteiger partial charge in [0.2, 0.25) is 11.8 Å². The lowest BCUT2D eigenvalue weighted by molar-refractivity contribution is -0.143. The molecule has 0 aromatic carbocycles. The van der Waals surface area contributed by atoms with Crippen molar-refractivity contribution in [3.8, 4) is 0 Å². The smallest absolute Gasteiger partial charge is 0.326 e. The zero-order chi connectivity index (χ0) is 30.8. The van der Waals surface area contributed by atoms with Gasteiger partial charge in [-0.1, -0.05) is 96.0 Å². The zero-order valence-corrected chi connectivity index (χ0v) is 26.2. The number of amides is 2. The number of rotatable bonds is 27. The van der Waals surface area contributed by atoms with Gasteiger partial charge in [0.15, 0.2) is 0 Å². The molecule has 0 bridgehead atoms. The highest BCUT2D eigenvalue weighted by molar-refractivity contribution is 5.85. The summed E-state index contributed by atoms with van der Waals surface area (Å²) >= 11 is 0. The fourth-order valence-corrected chi connectivity index (χ4v) is 5.84. The van der Waals surface area contributed by atoms with Crippen molar-refractivity contribution < 1.29 is 29.4 Å². The van der Waals surface area contributed by atoms with E-state index in [1.54, 1.807) is 6.08 Å². The normalized spacial score (nSPS) is 17.3. The molecule has 1 saturated carbocycles. The minimum atomic E-state index is -1.00. The Hall–Kier alpha value is -2.38. The predicted octanol–water partition coefficient (Wildman–Crippen LogP) is 7.55. The maximum Gasteiger partial charge on any atom is 0.326 e. The zero-order valence-electron chi connectivity index (χ0n) is 26.2. The average Bonchev–Trinajstić information content (AvgIpc) is 2.97. The van der Waals surface area contributed by atoms with Gasteiger partial charge in [-0.2, -0.15) is 0 Å². The fraction of sp³-hybridized carbons (Fsp3) is 0.824. The molecule has 42 heavy (non-hydrogen) atoms. The molecular formula is C34H60N2O6. The molecule has 8 heteroatoms. The van der Waals surface area contributed by atoms with Gasteiger partial charge in [-0.3, -0.25) is 14.4 Å². The monoisotopic (exact) mass is 592 g/mol. The Morgan fingerprint density at radius 2 is 1.14 bits per heavy atom. The Bertz CT molecular complexity index is 763. The van der Waals surface area contributed by atoms with Crippen LogP contribution in [0.25, 0.3) is 0 Å². The second-order valence-electron chi connectivity index (χ2n) is 12.3. The number of unbranched alkanes of at least 4 members (excludes halogenated alkanes) is 15. The van der Waals surface area contributed by atoms with Crippen LogP contribution in [0.15, 0.2) is 12.7 Å². The highest BCUT2D eigenvalue weighted by atomic mass is 16.4. The molecule has 1 fully saturated rings. The van der Waals surface area contributed by atoms with Crippen molar-refractivity contribution in [1.29, 1.82) is 0 Å². The first-order valence-electron chi connectivity index (χ1n) is 17.0. The van der Waals surface area contributed by atoms with Gasteiger partial charge < -0.3 is 20.8 Å². The van der Waals surface area contributed by atoms with Crippen molar-refractivity contribution in [2.24, 2.45) is 11.8 Å². The molecule has 0 aromatic rings. The van der Waals surface area contributed by atoms with E-state index in [0.29, 0.717) is 38.1 Å². The first-order valence-corrected chi connectivity index (χ1v) is 17.0. The Morgan fingerprint density at radius 3 is 1.57 bits per heavy atom. The third-order valence-corrected chi connectivity index (χ3v) is 8.62. The van der Waals surface area contributed by atoms with Gasteiger partial charge in [0.25, 0.3) is 0 Å². The van der Waals surface area contributed by atoms with E-state index in [4.69, 9.17) is 5.11 Å². The number of carbonyl (C=O) groups excluding carboxylic acids is 2. The Kier molecular flexibility index (Phi) is 22.5. The quantitative estimate of drug-likeness (QED) is 0.0575. The summed E-state index contributed by atoms with van der Waals surface area (Å²) in [5.41, 5.74) is 0. The molecular weight excluding hydrogens is 532 g/mol. The molecule has 2 amide bonds. The SMILES string of the molecule is C=CCCC(NC(=O)C1CCC(CNC(=O)CCCCCCCCCCCCCCCCCCC(=O)O)CC1)C(=O)O. The summed E-state index contributed by atoms with van der Waals surface area (Å²) in [5, 5.41) is 23.7. The van der Waals surface area contributed by atoms with E-state index in [9.17, 15) is 24.3 Å². The summed E-state index contributed by atoms with van der Waals surface area (Å²) in [6.45, 7) is 4.28. The van der Waals surface area contributed by atoms with Crippen molar-refractivity contribution >= 4 is 23.8 Å². The highest BCUT2D eigenvalue weighted by Crippen LogP contribution is 2.29. The molecule has 0 heterocycles. The summed E-state index contributed by atoms with van der Waals surface area (Å²) in [4.78, 5) is 46.6. The molecule has 242 valence electrons. The summed E-state index contributed by atoms with van der Waals surface area (Å²) in [5.74, 6) is -1.49. The van der Waals surface area contributed by atoms with Gasteiger partial charge in [-0.25, -0.2) is 4.79 Å². The average molecular weight is 593 g/mol. The molecule has 0 saturated heterocycles. The molecule has 0 radical (unpaired) electrons. The van der Waals surface area contributed by atoms with E-state index in [2.05, 4.69) is 17.2 Å². The number of nitrogens with one attached hydrogen (secondary N) is 2. The first kappa shape index (κ1) is 37.6. The van der Waals surface area contributed by atoms with Crippen LogP contribution in [0.2, 0.25) is 0 Å². The van der Waals surface area contributed by atoms with Crippen molar-refractivity contribution in [3.63, 3.8) is 0 Å². The molecule has 1 aliphatic carbocycles. The lowest BCUT2D eigenvalue weighted by atomic mass is 9.81. The third-order valence-electron chi connectivity index (χ3n) is 8.62. The lowest BCUT2D eigenvalue weighted by Crippen LogP contribution is -2.44. The van der Waals surface area contributed by atoms with Crippen LogP contribution in [0, 0.1) is 11.8 Å². The molecule has 0 spiro atoms. The van der Waals surface area contributed by atoms with Gasteiger partial charge in [-0.05, 0) is 57.3 Å². The Balaban J connectivity index is 1.91. The summed E-state index contributed by atoms with van der Waals surface area (Å²) < 4.78 is 0. The standard InChI is InChI=1S/C34H60N2O6/c1-2-3-20-30(34(41)42)36-33(40)29-25-23-28(24-26-29)27-35-31(37)21-18-16-14-12-10-8-6-4-5-7-9-11-13-15-17-19-22-32(38)39/h2,28-30H,1,3-27H2,(H,35,37)(H,36,40)(H,38,39)(H,41,42). The van der Waals surface area contributed by atoms with Gasteiger partial charge in [0.05, 0.1) is 0 Å². The van der Waals surface area contributed by atoms with E-state index in [0.717, 1.165) is 51.4 Å². The van der Waals surface area contributed by atoms with Gasteiger partial charge in [0.1, 0.15) is 6.04 Å². The number of hydrogen-bond acceptors (Lipinski definition) is 4. The van der Waals surface area contributed by atoms with Crippen LogP contribution in [0.4, 0.5) is 0 Å². The van der Waals surface area contributed by atoms with Crippen LogP contribution in [0.1, 0.15) is 154 Å². The largest absolute Gasteiger partial charge is 0.481 e. The second kappa shape index (κ2) is 25.1. The number of hydrogen-bond donors (Lipinski definition) is 4. The topological polar surface area (TPSA) is 133 Å². The summed E-state index contributed by atoms with van der Waals surface area (Å²) in [6, 6.07) is -0.861. The van der Waals surface area contributed by atoms with E-state index >= 15 is 0 Å². The Morgan fingerprint density at radius 1 is 0.690 bits per heavy atom. The molecule has 4 N–H and O–H groups in total. The van der Waals surface area contributed by atoms with Crippen LogP contribution in [0.5, 0.6) is 0 Å². The molecule has 1 aliphatic rings. The van der Waals surface area contributed by atoms with Crippen molar-refractivity contribution in [2.45, 2.75) is 160 Å². The van der Waals surface area contributed by atoms with Crippen LogP contribution in [0.3, 0.4) is 0 Å². The van der Waals surface area contributed by atoms with E-state index in [1.807, 2.05) is 0 Å². The van der Waals surface area contributed by atoms with Crippen LogP contribution >= 0.6 is 0 Å². The van der Waals surface area contributed by atoms with Gasteiger partial charge >= 0.3 is 11.9 Å². The Labute approximate surface area is 254 Å². The molecule has 1 rings (SSSR count). The first-order chi connectivity index (χ1) is 20.3. The fourth-order valence-electron chi connectivity index (χ4n) is 5.84. The maximum atomic E-state index is 12.5. The summed E-state index contributed by atoms with van der Waals surface area (Å²) in [6.07, 6.45) is 25.9. The maximum absolute atomic E-state index is 12.5. The van der Waals surface area contributed by atoms with Gasteiger partial charge in [-0.15, -0.1) is 6.58 Å². The number of carboxylic acids is 2. The molecule has 1 atom stereocenters. The third kappa shape index (κ3) is 20.5. The van der Waals surface area contributed by atoms with Crippen LogP contribution in [-0.2, 0) is 19.2 Å².